The summed E-state index contributed by atoms with van der Waals surface area (Å²) < 4.78 is 10.6. The first-order chi connectivity index (χ1) is 8.63. The number of hydrogen-bond donors (Lipinski definition) is 1. The minimum Gasteiger partial charge on any atom is -0.476 e. The minimum atomic E-state index is -1.13. The molecule has 2 rings (SSSR count). The van der Waals surface area contributed by atoms with Crippen LogP contribution < -0.4 is 0 Å². The highest BCUT2D eigenvalue weighted by Gasteiger charge is 2.24. The van der Waals surface area contributed by atoms with Crippen LogP contribution in [0.15, 0.2) is 34.7 Å². The summed E-state index contributed by atoms with van der Waals surface area (Å²) in [5, 5.41) is 9.09. The molecule has 1 atom stereocenters. The van der Waals surface area contributed by atoms with Gasteiger partial charge in [-0.25, -0.2) is 9.78 Å². The van der Waals surface area contributed by atoms with Crippen molar-refractivity contribution in [2.45, 2.75) is 13.0 Å². The van der Waals surface area contributed by atoms with E-state index in [1.807, 2.05) is 18.2 Å². The number of aromatic carboxylic acids is 1. The maximum absolute atomic E-state index is 11.1. The van der Waals surface area contributed by atoms with Gasteiger partial charge >= 0.3 is 5.97 Å². The second kappa shape index (κ2) is 5.01. The molecule has 2 aromatic rings. The van der Waals surface area contributed by atoms with Gasteiger partial charge in [0.2, 0.25) is 5.89 Å². The van der Waals surface area contributed by atoms with Crippen LogP contribution in [0, 0.1) is 0 Å². The molecule has 0 saturated heterocycles. The molecule has 0 bridgehead atoms. The molecule has 0 aliphatic heterocycles. The Kier molecular flexibility index (Phi) is 3.43. The Morgan fingerprint density at radius 1 is 1.39 bits per heavy atom. The van der Waals surface area contributed by atoms with E-state index >= 15 is 0 Å². The van der Waals surface area contributed by atoms with Crippen molar-refractivity contribution < 1.29 is 19.1 Å². The number of carboxylic acid groups (broad SMARTS) is 1. The summed E-state index contributed by atoms with van der Waals surface area (Å²) in [6, 6.07) is 9.14. The molecule has 1 aromatic carbocycles. The Balaban J connectivity index is 2.49. The van der Waals surface area contributed by atoms with E-state index in [1.165, 1.54) is 7.11 Å². The maximum Gasteiger partial charge on any atom is 0.358 e. The maximum atomic E-state index is 11.1. The molecular weight excluding hydrogens is 234 g/mol. The average molecular weight is 247 g/mol. The predicted octanol–water partition coefficient (Wildman–Crippen LogP) is 2.75. The summed E-state index contributed by atoms with van der Waals surface area (Å²) in [5.41, 5.74) is 0.623. The molecule has 5 heteroatoms. The summed E-state index contributed by atoms with van der Waals surface area (Å²) in [6.45, 7) is 1.71. The van der Waals surface area contributed by atoms with Crippen LogP contribution in [0.1, 0.15) is 29.3 Å². The molecule has 94 valence electrons. The van der Waals surface area contributed by atoms with Crippen molar-refractivity contribution in [3.05, 3.63) is 41.8 Å². The molecule has 1 unspecified atom stereocenters. The van der Waals surface area contributed by atoms with E-state index in [1.54, 1.807) is 19.1 Å². The standard InChI is InChI=1S/C13H13NO4/c1-8(17-2)11-10(13(15)16)14-12(18-11)9-6-4-3-5-7-9/h3-8H,1-2H3,(H,15,16). The van der Waals surface area contributed by atoms with E-state index in [4.69, 9.17) is 14.3 Å². The Labute approximate surface area is 104 Å². The largest absolute Gasteiger partial charge is 0.476 e. The molecule has 1 heterocycles. The highest BCUT2D eigenvalue weighted by Crippen LogP contribution is 2.27. The average Bonchev–Trinajstić information content (AvgIpc) is 2.84. The van der Waals surface area contributed by atoms with Gasteiger partial charge in [0, 0.05) is 12.7 Å². The Hall–Kier alpha value is -2.14. The van der Waals surface area contributed by atoms with Crippen molar-refractivity contribution in [1.29, 1.82) is 0 Å². The summed E-state index contributed by atoms with van der Waals surface area (Å²) in [5.74, 6) is -0.615. The first kappa shape index (κ1) is 12.3. The van der Waals surface area contributed by atoms with Gasteiger partial charge in [-0.3, -0.25) is 0 Å². The zero-order valence-electron chi connectivity index (χ0n) is 10.1. The molecule has 0 amide bonds. The highest BCUT2D eigenvalue weighted by molar-refractivity contribution is 5.87. The van der Waals surface area contributed by atoms with E-state index in [0.717, 1.165) is 5.56 Å². The van der Waals surface area contributed by atoms with Crippen LogP contribution in [-0.2, 0) is 4.74 Å². The Bertz CT molecular complexity index is 547. The van der Waals surface area contributed by atoms with E-state index in [0.29, 0.717) is 0 Å². The third-order valence-corrected chi connectivity index (χ3v) is 2.60. The molecule has 1 aromatic heterocycles. The van der Waals surface area contributed by atoms with E-state index < -0.39 is 12.1 Å². The monoisotopic (exact) mass is 247 g/mol. The fraction of sp³-hybridized carbons (Fsp3) is 0.231. The molecule has 0 aliphatic rings. The van der Waals surface area contributed by atoms with Gasteiger partial charge in [-0.1, -0.05) is 18.2 Å². The molecular formula is C13H13NO4. The van der Waals surface area contributed by atoms with Crippen molar-refractivity contribution >= 4 is 5.97 Å². The molecule has 18 heavy (non-hydrogen) atoms. The lowest BCUT2D eigenvalue weighted by molar-refractivity contribution is 0.0664. The topological polar surface area (TPSA) is 72.6 Å². The molecule has 1 N–H and O–H groups in total. The lowest BCUT2D eigenvalue weighted by Crippen LogP contribution is -2.05. The van der Waals surface area contributed by atoms with E-state index in [9.17, 15) is 4.79 Å². The summed E-state index contributed by atoms with van der Waals surface area (Å²) in [7, 11) is 1.49. The van der Waals surface area contributed by atoms with Crippen LogP contribution in [-0.4, -0.2) is 23.2 Å². The lowest BCUT2D eigenvalue weighted by atomic mass is 10.2. The van der Waals surface area contributed by atoms with E-state index in [2.05, 4.69) is 4.98 Å². The van der Waals surface area contributed by atoms with Crippen LogP contribution in [0.4, 0.5) is 0 Å². The predicted molar refractivity (Wildman–Crippen MR) is 64.3 cm³/mol. The molecule has 0 aliphatic carbocycles. The minimum absolute atomic E-state index is 0.108. The van der Waals surface area contributed by atoms with Gasteiger partial charge in [-0.2, -0.15) is 0 Å². The quantitative estimate of drug-likeness (QED) is 0.899. The number of oxazole rings is 1. The lowest BCUT2D eigenvalue weighted by Gasteiger charge is -2.05. The second-order valence-corrected chi connectivity index (χ2v) is 3.78. The van der Waals surface area contributed by atoms with Crippen molar-refractivity contribution in [3.63, 3.8) is 0 Å². The third kappa shape index (κ3) is 2.26. The Morgan fingerprint density at radius 2 is 2.06 bits per heavy atom. The number of carboxylic acids is 1. The summed E-state index contributed by atoms with van der Waals surface area (Å²) in [4.78, 5) is 15.1. The van der Waals surface area contributed by atoms with Crippen molar-refractivity contribution in [2.24, 2.45) is 0 Å². The van der Waals surface area contributed by atoms with Crippen LogP contribution >= 0.6 is 0 Å². The van der Waals surface area contributed by atoms with Gasteiger partial charge in [0.25, 0.3) is 0 Å². The van der Waals surface area contributed by atoms with Gasteiger partial charge in [0.1, 0.15) is 6.10 Å². The SMILES string of the molecule is COC(C)c1oc(-c2ccccc2)nc1C(=O)O. The first-order valence-electron chi connectivity index (χ1n) is 5.45. The zero-order valence-corrected chi connectivity index (χ0v) is 10.1. The van der Waals surface area contributed by atoms with Gasteiger partial charge < -0.3 is 14.3 Å². The number of aromatic nitrogens is 1. The van der Waals surface area contributed by atoms with Crippen LogP contribution in [0.5, 0.6) is 0 Å². The fourth-order valence-corrected chi connectivity index (χ4v) is 1.57. The van der Waals surface area contributed by atoms with E-state index in [-0.39, 0.29) is 17.3 Å². The normalized spacial score (nSPS) is 12.3. The second-order valence-electron chi connectivity index (χ2n) is 3.78. The number of hydrogen-bond acceptors (Lipinski definition) is 4. The molecule has 0 fully saturated rings. The number of methoxy groups -OCH3 is 1. The number of rotatable bonds is 4. The zero-order chi connectivity index (χ0) is 13.1. The van der Waals surface area contributed by atoms with Gasteiger partial charge in [-0.05, 0) is 19.1 Å². The first-order valence-corrected chi connectivity index (χ1v) is 5.45. The van der Waals surface area contributed by atoms with Crippen LogP contribution in [0.25, 0.3) is 11.5 Å². The molecule has 5 nitrogen and oxygen atoms in total. The van der Waals surface area contributed by atoms with Crippen LogP contribution in [0.2, 0.25) is 0 Å². The van der Waals surface area contributed by atoms with Gasteiger partial charge in [0.15, 0.2) is 11.5 Å². The number of ether oxygens (including phenoxy) is 1. The Morgan fingerprint density at radius 3 is 2.61 bits per heavy atom. The van der Waals surface area contributed by atoms with Gasteiger partial charge in [0.05, 0.1) is 0 Å². The van der Waals surface area contributed by atoms with Crippen molar-refractivity contribution in [1.82, 2.24) is 4.98 Å². The molecule has 0 spiro atoms. The summed E-state index contributed by atoms with van der Waals surface area (Å²) >= 11 is 0. The third-order valence-electron chi connectivity index (χ3n) is 2.60. The summed E-state index contributed by atoms with van der Waals surface area (Å²) in [6.07, 6.45) is -0.457. The fourth-order valence-electron chi connectivity index (χ4n) is 1.57. The van der Waals surface area contributed by atoms with Crippen LogP contribution in [0.3, 0.4) is 0 Å². The number of benzene rings is 1. The molecule has 0 saturated carbocycles. The van der Waals surface area contributed by atoms with Crippen molar-refractivity contribution in [3.8, 4) is 11.5 Å². The number of carbonyl (C=O) groups is 1. The smallest absolute Gasteiger partial charge is 0.358 e. The van der Waals surface area contributed by atoms with Gasteiger partial charge in [-0.15, -0.1) is 0 Å². The number of nitrogens with zero attached hydrogens (tertiary/aromatic N) is 1. The highest BCUT2D eigenvalue weighted by atomic mass is 16.5. The molecule has 0 radical (unpaired) electrons. The van der Waals surface area contributed by atoms with Crippen molar-refractivity contribution in [2.75, 3.05) is 7.11 Å².